The smallest absolute Gasteiger partial charge is 0.337 e. The van der Waals surface area contributed by atoms with Crippen LogP contribution in [0.1, 0.15) is 10.4 Å². The van der Waals surface area contributed by atoms with Crippen molar-refractivity contribution in [3.05, 3.63) is 23.8 Å². The van der Waals surface area contributed by atoms with Crippen molar-refractivity contribution in [2.45, 2.75) is 0 Å². The first-order valence-electron chi connectivity index (χ1n) is 4.16. The van der Waals surface area contributed by atoms with Gasteiger partial charge in [0.05, 0.1) is 12.7 Å². The van der Waals surface area contributed by atoms with Gasteiger partial charge >= 0.3 is 5.97 Å². The van der Waals surface area contributed by atoms with Crippen LogP contribution in [-0.4, -0.2) is 31.1 Å². The maximum atomic E-state index is 10.9. The van der Waals surface area contributed by atoms with E-state index < -0.39 is 12.6 Å². The van der Waals surface area contributed by atoms with Gasteiger partial charge in [0.15, 0.2) is 17.8 Å². The Morgan fingerprint density at radius 2 is 2.27 bits per heavy atom. The molecule has 1 aromatic rings. The van der Waals surface area contributed by atoms with E-state index in [9.17, 15) is 9.59 Å². The Morgan fingerprint density at radius 3 is 2.80 bits per heavy atom. The summed E-state index contributed by atoms with van der Waals surface area (Å²) in [5.41, 5.74) is 0.191. The topological polar surface area (TPSA) is 72.8 Å². The highest BCUT2D eigenvalue weighted by Crippen LogP contribution is 2.29. The molecular formula is C10H10O5. The standard InChI is InChI=1S/C10H10O5/c1-14-8-4-2-3-7(5-11)10(8)15-9(13)6-12/h2-5,12H,6H2,1H3. The van der Waals surface area contributed by atoms with E-state index in [0.29, 0.717) is 6.29 Å². The molecule has 0 saturated heterocycles. The quantitative estimate of drug-likeness (QED) is 0.442. The molecule has 0 radical (unpaired) electrons. The van der Waals surface area contributed by atoms with Crippen LogP contribution in [0.5, 0.6) is 11.5 Å². The zero-order valence-electron chi connectivity index (χ0n) is 8.10. The molecule has 0 aliphatic rings. The van der Waals surface area contributed by atoms with Gasteiger partial charge in [-0.2, -0.15) is 0 Å². The molecule has 0 heterocycles. The van der Waals surface area contributed by atoms with Gasteiger partial charge in [-0.15, -0.1) is 0 Å². The number of rotatable bonds is 4. The summed E-state index contributed by atoms with van der Waals surface area (Å²) in [6, 6.07) is 4.63. The molecule has 0 aliphatic heterocycles. The number of aliphatic hydroxyl groups is 1. The fourth-order valence-corrected chi connectivity index (χ4v) is 1.04. The number of esters is 1. The molecule has 5 nitrogen and oxygen atoms in total. The molecule has 1 rings (SSSR count). The minimum Gasteiger partial charge on any atom is -0.493 e. The van der Waals surface area contributed by atoms with E-state index >= 15 is 0 Å². The highest BCUT2D eigenvalue weighted by atomic mass is 16.6. The van der Waals surface area contributed by atoms with Gasteiger partial charge in [-0.1, -0.05) is 6.07 Å². The molecule has 0 bridgehead atoms. The lowest BCUT2D eigenvalue weighted by Crippen LogP contribution is -2.13. The zero-order valence-corrected chi connectivity index (χ0v) is 8.10. The highest BCUT2D eigenvalue weighted by Gasteiger charge is 2.13. The number of benzene rings is 1. The number of hydrogen-bond acceptors (Lipinski definition) is 5. The fourth-order valence-electron chi connectivity index (χ4n) is 1.04. The summed E-state index contributed by atoms with van der Waals surface area (Å²) in [5, 5.41) is 8.52. The van der Waals surface area contributed by atoms with Crippen LogP contribution >= 0.6 is 0 Å². The van der Waals surface area contributed by atoms with Gasteiger partial charge in [0.1, 0.15) is 6.61 Å². The molecule has 0 aliphatic carbocycles. The molecule has 0 unspecified atom stereocenters. The van der Waals surface area contributed by atoms with Crippen molar-refractivity contribution in [2.24, 2.45) is 0 Å². The fraction of sp³-hybridized carbons (Fsp3) is 0.200. The molecule has 1 N–H and O–H groups in total. The van der Waals surface area contributed by atoms with E-state index in [1.54, 1.807) is 12.1 Å². The molecule has 1 aromatic carbocycles. The molecule has 15 heavy (non-hydrogen) atoms. The van der Waals surface area contributed by atoms with Crippen LogP contribution in [0, 0.1) is 0 Å². The highest BCUT2D eigenvalue weighted by molar-refractivity contribution is 5.84. The van der Waals surface area contributed by atoms with Crippen LogP contribution in [0.3, 0.4) is 0 Å². The molecule has 0 spiro atoms. The van der Waals surface area contributed by atoms with Crippen molar-refractivity contribution in [3.63, 3.8) is 0 Å². The van der Waals surface area contributed by atoms with Gasteiger partial charge in [0, 0.05) is 0 Å². The second kappa shape index (κ2) is 5.11. The molecule has 0 atom stereocenters. The number of carbonyl (C=O) groups excluding carboxylic acids is 2. The van der Waals surface area contributed by atoms with Crippen LogP contribution in [0.15, 0.2) is 18.2 Å². The lowest BCUT2D eigenvalue weighted by Gasteiger charge is -2.09. The summed E-state index contributed by atoms with van der Waals surface area (Å²) in [6.07, 6.45) is 0.544. The van der Waals surface area contributed by atoms with Gasteiger partial charge in [-0.05, 0) is 12.1 Å². The number of ether oxygens (including phenoxy) is 2. The second-order valence-corrected chi connectivity index (χ2v) is 2.63. The van der Waals surface area contributed by atoms with E-state index in [-0.39, 0.29) is 17.1 Å². The van der Waals surface area contributed by atoms with Crippen molar-refractivity contribution in [2.75, 3.05) is 13.7 Å². The molecule has 0 saturated carbocycles. The Bertz CT molecular complexity index is 372. The predicted molar refractivity (Wildman–Crippen MR) is 51.1 cm³/mol. The number of aliphatic hydroxyl groups excluding tert-OH is 1. The van der Waals surface area contributed by atoms with Crippen LogP contribution in [0.25, 0.3) is 0 Å². The number of para-hydroxylation sites is 1. The third kappa shape index (κ3) is 2.54. The van der Waals surface area contributed by atoms with Crippen molar-refractivity contribution < 1.29 is 24.2 Å². The van der Waals surface area contributed by atoms with E-state index in [1.807, 2.05) is 0 Å². The summed E-state index contributed by atoms with van der Waals surface area (Å²) < 4.78 is 9.68. The van der Waals surface area contributed by atoms with E-state index in [1.165, 1.54) is 13.2 Å². The first-order valence-corrected chi connectivity index (χ1v) is 4.16. The van der Waals surface area contributed by atoms with Crippen molar-refractivity contribution in [1.29, 1.82) is 0 Å². The number of aldehydes is 1. The first kappa shape index (κ1) is 11.2. The summed E-state index contributed by atoms with van der Waals surface area (Å²) in [4.78, 5) is 21.5. The third-order valence-electron chi connectivity index (χ3n) is 1.70. The van der Waals surface area contributed by atoms with Gasteiger partial charge in [-0.25, -0.2) is 4.79 Å². The summed E-state index contributed by atoms with van der Waals surface area (Å²) in [6.45, 7) is -0.754. The van der Waals surface area contributed by atoms with Crippen molar-refractivity contribution in [1.82, 2.24) is 0 Å². The van der Waals surface area contributed by atoms with E-state index in [0.717, 1.165) is 0 Å². The van der Waals surface area contributed by atoms with Crippen molar-refractivity contribution in [3.8, 4) is 11.5 Å². The average Bonchev–Trinajstić information content (AvgIpc) is 2.29. The molecular weight excluding hydrogens is 200 g/mol. The van der Waals surface area contributed by atoms with E-state index in [2.05, 4.69) is 0 Å². The Hall–Kier alpha value is -1.88. The Balaban J connectivity index is 3.10. The number of methoxy groups -OCH3 is 1. The normalized spacial score (nSPS) is 9.47. The maximum absolute atomic E-state index is 10.9. The summed E-state index contributed by atoms with van der Waals surface area (Å²) in [5.74, 6) is -0.557. The first-order chi connectivity index (χ1) is 7.22. The lowest BCUT2D eigenvalue weighted by molar-refractivity contribution is -0.137. The minimum atomic E-state index is -0.845. The van der Waals surface area contributed by atoms with Crippen LogP contribution < -0.4 is 9.47 Å². The number of hydrogen-bond donors (Lipinski definition) is 1. The summed E-state index contributed by atoms with van der Waals surface area (Å²) >= 11 is 0. The Morgan fingerprint density at radius 1 is 1.53 bits per heavy atom. The van der Waals surface area contributed by atoms with Gasteiger partial charge in [0.2, 0.25) is 0 Å². The molecule has 80 valence electrons. The SMILES string of the molecule is COc1cccc(C=O)c1OC(=O)CO. The summed E-state index contributed by atoms with van der Waals surface area (Å²) in [7, 11) is 1.39. The van der Waals surface area contributed by atoms with Crippen LogP contribution in [0.2, 0.25) is 0 Å². The molecule has 5 heteroatoms. The van der Waals surface area contributed by atoms with Gasteiger partial charge in [-0.3, -0.25) is 4.79 Å². The average molecular weight is 210 g/mol. The Kier molecular flexibility index (Phi) is 3.82. The molecule has 0 fully saturated rings. The molecule has 0 amide bonds. The minimum absolute atomic E-state index is 0.0223. The third-order valence-corrected chi connectivity index (χ3v) is 1.70. The molecule has 0 aromatic heterocycles. The van der Waals surface area contributed by atoms with Crippen molar-refractivity contribution >= 4 is 12.3 Å². The van der Waals surface area contributed by atoms with Gasteiger partial charge in [0.25, 0.3) is 0 Å². The Labute approximate surface area is 86.2 Å². The van der Waals surface area contributed by atoms with Crippen LogP contribution in [-0.2, 0) is 4.79 Å². The maximum Gasteiger partial charge on any atom is 0.337 e. The predicted octanol–water partition coefficient (Wildman–Crippen LogP) is 0.405. The van der Waals surface area contributed by atoms with Crippen LogP contribution in [0.4, 0.5) is 0 Å². The zero-order chi connectivity index (χ0) is 11.3. The second-order valence-electron chi connectivity index (χ2n) is 2.63. The van der Waals surface area contributed by atoms with Gasteiger partial charge < -0.3 is 14.6 Å². The monoisotopic (exact) mass is 210 g/mol. The van der Waals surface area contributed by atoms with E-state index in [4.69, 9.17) is 14.6 Å². The number of carbonyl (C=O) groups is 2. The lowest BCUT2D eigenvalue weighted by atomic mass is 10.2. The largest absolute Gasteiger partial charge is 0.493 e.